The van der Waals surface area contributed by atoms with Crippen molar-refractivity contribution < 1.29 is 9.63 Å². The number of hydrogen-bond donors (Lipinski definition) is 1. The molecule has 0 unspecified atom stereocenters. The Hall–Kier alpha value is -3.13. The summed E-state index contributed by atoms with van der Waals surface area (Å²) in [6.45, 7) is 2.21. The third-order valence-electron chi connectivity index (χ3n) is 2.88. The molecule has 0 fully saturated rings. The molecule has 0 aromatic heterocycles. The maximum atomic E-state index is 11.6. The van der Waals surface area contributed by atoms with Crippen LogP contribution in [-0.4, -0.2) is 12.1 Å². The van der Waals surface area contributed by atoms with E-state index in [4.69, 9.17) is 10.1 Å². The highest BCUT2D eigenvalue weighted by molar-refractivity contribution is 6.31. The Morgan fingerprint density at radius 2 is 1.91 bits per heavy atom. The molecule has 0 saturated heterocycles. The van der Waals surface area contributed by atoms with Crippen LogP contribution in [0, 0.1) is 18.3 Å². The number of aryl methyl sites for hydroxylation is 1. The van der Waals surface area contributed by atoms with Crippen LogP contribution in [0.2, 0.25) is 0 Å². The maximum absolute atomic E-state index is 11.6. The van der Waals surface area contributed by atoms with Gasteiger partial charge in [-0.05, 0) is 36.8 Å². The molecular weight excluding hydrogens is 278 g/mol. The van der Waals surface area contributed by atoms with E-state index in [1.165, 1.54) is 0 Å². The van der Waals surface area contributed by atoms with Gasteiger partial charge >= 0.3 is 0 Å². The van der Waals surface area contributed by atoms with E-state index >= 15 is 0 Å². The second-order valence-electron chi connectivity index (χ2n) is 4.67. The molecular formula is C17H15N3O2. The summed E-state index contributed by atoms with van der Waals surface area (Å²) in [7, 11) is 0. The predicted octanol–water partition coefficient (Wildman–Crippen LogP) is 3.01. The first-order chi connectivity index (χ1) is 10.7. The normalized spacial score (nSPS) is 10.2. The van der Waals surface area contributed by atoms with Crippen LogP contribution in [0.15, 0.2) is 53.7 Å². The van der Waals surface area contributed by atoms with Crippen molar-refractivity contribution in [2.24, 2.45) is 5.16 Å². The SMILES string of the molecule is Cc1ccc(NC(=O)/C=N/OCc2ccc(C#N)cc2)cc1. The van der Waals surface area contributed by atoms with Crippen LogP contribution in [0.1, 0.15) is 16.7 Å². The molecule has 0 radical (unpaired) electrons. The van der Waals surface area contributed by atoms with Crippen molar-refractivity contribution in [1.82, 2.24) is 0 Å². The lowest BCUT2D eigenvalue weighted by Gasteiger charge is -2.02. The third kappa shape index (κ3) is 4.76. The summed E-state index contributed by atoms with van der Waals surface area (Å²) in [5.41, 5.74) is 3.28. The predicted molar refractivity (Wildman–Crippen MR) is 84.2 cm³/mol. The van der Waals surface area contributed by atoms with Gasteiger partial charge in [-0.15, -0.1) is 0 Å². The van der Waals surface area contributed by atoms with Gasteiger partial charge in [0.2, 0.25) is 0 Å². The summed E-state index contributed by atoms with van der Waals surface area (Å²) in [5, 5.41) is 15.0. The lowest BCUT2D eigenvalue weighted by atomic mass is 10.2. The van der Waals surface area contributed by atoms with Crippen LogP contribution in [-0.2, 0) is 16.2 Å². The Kier molecular flexibility index (Phi) is 5.27. The van der Waals surface area contributed by atoms with Crippen molar-refractivity contribution in [3.8, 4) is 6.07 Å². The molecule has 22 heavy (non-hydrogen) atoms. The largest absolute Gasteiger partial charge is 0.391 e. The molecule has 5 heteroatoms. The Bertz CT molecular complexity index is 698. The standard InChI is InChI=1S/C17H15N3O2/c1-13-2-8-16(9-3-13)20-17(21)11-19-22-12-15-6-4-14(10-18)5-7-15/h2-9,11H,12H2,1H3,(H,20,21)/b19-11+. The molecule has 0 aliphatic carbocycles. The monoisotopic (exact) mass is 293 g/mol. The molecule has 1 amide bonds. The zero-order chi connectivity index (χ0) is 15.8. The number of carbonyl (C=O) groups is 1. The molecule has 0 aliphatic rings. The average Bonchev–Trinajstić information content (AvgIpc) is 2.54. The zero-order valence-corrected chi connectivity index (χ0v) is 12.1. The van der Waals surface area contributed by atoms with Crippen LogP contribution in [0.5, 0.6) is 0 Å². The molecule has 0 bridgehead atoms. The second kappa shape index (κ2) is 7.60. The molecule has 0 spiro atoms. The first-order valence-corrected chi connectivity index (χ1v) is 6.69. The summed E-state index contributed by atoms with van der Waals surface area (Å²) >= 11 is 0. The van der Waals surface area contributed by atoms with Crippen LogP contribution in [0.4, 0.5) is 5.69 Å². The molecule has 2 aromatic rings. The molecule has 0 heterocycles. The van der Waals surface area contributed by atoms with Gasteiger partial charge in [0.1, 0.15) is 12.8 Å². The quantitative estimate of drug-likeness (QED) is 0.680. The zero-order valence-electron chi connectivity index (χ0n) is 12.1. The van der Waals surface area contributed by atoms with Gasteiger partial charge < -0.3 is 10.2 Å². The van der Waals surface area contributed by atoms with Crippen molar-refractivity contribution in [3.63, 3.8) is 0 Å². The number of oxime groups is 1. The van der Waals surface area contributed by atoms with Crippen molar-refractivity contribution in [2.75, 3.05) is 5.32 Å². The minimum absolute atomic E-state index is 0.236. The molecule has 2 aromatic carbocycles. The van der Waals surface area contributed by atoms with Crippen molar-refractivity contribution in [1.29, 1.82) is 5.26 Å². The fourth-order valence-electron chi connectivity index (χ4n) is 1.68. The molecule has 2 rings (SSSR count). The molecule has 0 saturated carbocycles. The van der Waals surface area contributed by atoms with E-state index < -0.39 is 0 Å². The Balaban J connectivity index is 1.78. The van der Waals surface area contributed by atoms with E-state index in [0.717, 1.165) is 17.3 Å². The van der Waals surface area contributed by atoms with E-state index in [1.807, 2.05) is 37.3 Å². The number of hydrogen-bond acceptors (Lipinski definition) is 4. The first-order valence-electron chi connectivity index (χ1n) is 6.69. The second-order valence-corrected chi connectivity index (χ2v) is 4.67. The van der Waals surface area contributed by atoms with E-state index in [2.05, 4.69) is 10.5 Å². The first kappa shape index (κ1) is 15.3. The molecule has 0 atom stereocenters. The fraction of sp³-hybridized carbons (Fsp3) is 0.118. The molecule has 1 N–H and O–H groups in total. The number of nitrogens with one attached hydrogen (secondary N) is 1. The van der Waals surface area contributed by atoms with Crippen LogP contribution >= 0.6 is 0 Å². The van der Waals surface area contributed by atoms with E-state index in [-0.39, 0.29) is 12.5 Å². The van der Waals surface area contributed by atoms with Gasteiger partial charge in [-0.25, -0.2) is 0 Å². The Morgan fingerprint density at radius 1 is 1.23 bits per heavy atom. The van der Waals surface area contributed by atoms with Gasteiger partial charge in [0, 0.05) is 5.69 Å². The lowest BCUT2D eigenvalue weighted by Crippen LogP contribution is -2.12. The number of nitrogens with zero attached hydrogens (tertiary/aromatic N) is 2. The number of benzene rings is 2. The van der Waals surface area contributed by atoms with Gasteiger partial charge in [-0.1, -0.05) is 35.0 Å². The fourth-order valence-corrected chi connectivity index (χ4v) is 1.68. The van der Waals surface area contributed by atoms with Gasteiger partial charge in [-0.2, -0.15) is 5.26 Å². The van der Waals surface area contributed by atoms with Gasteiger partial charge in [0.05, 0.1) is 11.6 Å². The molecule has 0 aliphatic heterocycles. The van der Waals surface area contributed by atoms with Gasteiger partial charge in [0.25, 0.3) is 5.91 Å². The highest BCUT2D eigenvalue weighted by atomic mass is 16.6. The minimum Gasteiger partial charge on any atom is -0.391 e. The highest BCUT2D eigenvalue weighted by Gasteiger charge is 1.98. The van der Waals surface area contributed by atoms with Crippen molar-refractivity contribution >= 4 is 17.8 Å². The minimum atomic E-state index is -0.358. The topological polar surface area (TPSA) is 74.5 Å². The Morgan fingerprint density at radius 3 is 2.55 bits per heavy atom. The van der Waals surface area contributed by atoms with Crippen LogP contribution in [0.3, 0.4) is 0 Å². The number of nitriles is 1. The van der Waals surface area contributed by atoms with E-state index in [0.29, 0.717) is 11.3 Å². The summed E-state index contributed by atoms with van der Waals surface area (Å²) in [6.07, 6.45) is 1.09. The maximum Gasteiger partial charge on any atom is 0.270 e. The summed E-state index contributed by atoms with van der Waals surface area (Å²) in [4.78, 5) is 16.7. The van der Waals surface area contributed by atoms with Crippen LogP contribution < -0.4 is 5.32 Å². The van der Waals surface area contributed by atoms with Crippen molar-refractivity contribution in [3.05, 3.63) is 65.2 Å². The van der Waals surface area contributed by atoms with Gasteiger partial charge in [0.15, 0.2) is 0 Å². The number of carbonyl (C=O) groups excluding carboxylic acids is 1. The summed E-state index contributed by atoms with van der Waals surface area (Å²) in [6, 6.07) is 16.5. The molecule has 5 nitrogen and oxygen atoms in total. The number of rotatable bonds is 5. The summed E-state index contributed by atoms with van der Waals surface area (Å²) in [5.74, 6) is -0.358. The number of amides is 1. The highest BCUT2D eigenvalue weighted by Crippen LogP contribution is 2.08. The van der Waals surface area contributed by atoms with E-state index in [1.54, 1.807) is 24.3 Å². The van der Waals surface area contributed by atoms with Crippen LogP contribution in [0.25, 0.3) is 0 Å². The van der Waals surface area contributed by atoms with Gasteiger partial charge in [-0.3, -0.25) is 4.79 Å². The Labute approximate surface area is 128 Å². The molecule has 110 valence electrons. The summed E-state index contributed by atoms with van der Waals surface area (Å²) < 4.78 is 0. The average molecular weight is 293 g/mol. The third-order valence-corrected chi connectivity index (χ3v) is 2.88. The van der Waals surface area contributed by atoms with E-state index in [9.17, 15) is 4.79 Å². The smallest absolute Gasteiger partial charge is 0.270 e. The van der Waals surface area contributed by atoms with Crippen molar-refractivity contribution in [2.45, 2.75) is 13.5 Å². The lowest BCUT2D eigenvalue weighted by molar-refractivity contribution is -0.110. The number of anilines is 1.